The molecule has 0 radical (unpaired) electrons. The SMILES string of the molecule is CC(C)(C)c1cc(C(C)(C(=O)O)c2cc(C(C)(C)C)c(O)c(C(C)(C)C)c2)cc(C(C)(C)C)c1O.CC(C)(C)c1cc(C(C)(C(=O)O)c2cc(C(C)(C)C)c(O)c(C(C)(C)C)c2)cc(C(C)(C)C)c1O.NCCCCCCN. The summed E-state index contributed by atoms with van der Waals surface area (Å²) < 4.78 is 0. The number of carboxylic acid groups (broad SMARTS) is 2. The Labute approximate surface area is 472 Å². The lowest BCUT2D eigenvalue weighted by atomic mass is 9.68. The van der Waals surface area contributed by atoms with Crippen LogP contribution < -0.4 is 11.5 Å². The molecule has 0 bridgehead atoms. The first-order valence-corrected chi connectivity index (χ1v) is 28.2. The molecule has 0 atom stereocenters. The predicted molar refractivity (Wildman–Crippen MR) is 327 cm³/mol. The molecule has 4 aromatic carbocycles. The second kappa shape index (κ2) is 24.0. The predicted octanol–water partition coefficient (Wildman–Crippen LogP) is 15.8. The minimum atomic E-state index is -1.40. The zero-order valence-corrected chi connectivity index (χ0v) is 53.5. The highest BCUT2D eigenvalue weighted by Gasteiger charge is 2.44. The highest BCUT2D eigenvalue weighted by atomic mass is 16.4. The summed E-state index contributed by atoms with van der Waals surface area (Å²) in [6.07, 6.45) is 4.79. The van der Waals surface area contributed by atoms with Crippen molar-refractivity contribution in [3.05, 3.63) is 115 Å². The number of benzene rings is 4. The van der Waals surface area contributed by atoms with Crippen LogP contribution in [-0.4, -0.2) is 55.7 Å². The molecular weight excluding hydrogens is 973 g/mol. The van der Waals surface area contributed by atoms with Crippen molar-refractivity contribution in [2.45, 2.75) is 260 Å². The summed E-state index contributed by atoms with van der Waals surface area (Å²) in [6, 6.07) is 14.8. The van der Waals surface area contributed by atoms with E-state index in [1.807, 2.05) is 215 Å². The highest BCUT2D eigenvalue weighted by molar-refractivity contribution is 5.87. The molecule has 0 saturated heterocycles. The number of rotatable bonds is 11. The third kappa shape index (κ3) is 15.9. The summed E-state index contributed by atoms with van der Waals surface area (Å²) in [5.41, 5.74) is 12.9. The van der Waals surface area contributed by atoms with Crippen LogP contribution >= 0.6 is 0 Å². The first-order valence-electron chi connectivity index (χ1n) is 28.2. The van der Waals surface area contributed by atoms with Crippen LogP contribution in [0.4, 0.5) is 0 Å². The number of carbonyl (C=O) groups is 2. The van der Waals surface area contributed by atoms with Crippen molar-refractivity contribution in [3.63, 3.8) is 0 Å². The van der Waals surface area contributed by atoms with E-state index in [-0.39, 0.29) is 66.3 Å². The van der Waals surface area contributed by atoms with Gasteiger partial charge in [0.25, 0.3) is 0 Å². The standard InChI is InChI=1S/2C31H46O4.C6H16N2/c2*1-27(2,3)20-14-18(15-21(24(20)32)28(4,5)6)31(13,26(34)35)19-16-22(29(7,8)9)25(33)23(17-19)30(10,11)12;7-5-3-1-2-4-6-8/h2*14-17,32-33H,1-13H3,(H,34,35);1-8H2. The van der Waals surface area contributed by atoms with E-state index in [9.17, 15) is 40.2 Å². The molecule has 78 heavy (non-hydrogen) atoms. The van der Waals surface area contributed by atoms with Crippen molar-refractivity contribution >= 4 is 11.9 Å². The number of hydrogen-bond donors (Lipinski definition) is 8. The van der Waals surface area contributed by atoms with E-state index < -0.39 is 22.8 Å². The van der Waals surface area contributed by atoms with E-state index in [1.165, 1.54) is 12.8 Å². The van der Waals surface area contributed by atoms with Gasteiger partial charge in [-0.05, 0) is 150 Å². The Kier molecular flexibility index (Phi) is 21.2. The quantitative estimate of drug-likeness (QED) is 0.0667. The van der Waals surface area contributed by atoms with Crippen LogP contribution in [0.15, 0.2) is 48.5 Å². The summed E-state index contributed by atoms with van der Waals surface area (Å²) in [5, 5.41) is 66.3. The Bertz CT molecular complexity index is 2250. The average Bonchev–Trinajstić information content (AvgIpc) is 3.24. The molecule has 10 nitrogen and oxygen atoms in total. The van der Waals surface area contributed by atoms with Crippen LogP contribution in [0, 0.1) is 0 Å². The summed E-state index contributed by atoms with van der Waals surface area (Å²) in [7, 11) is 0. The number of carboxylic acids is 2. The largest absolute Gasteiger partial charge is 0.507 e. The fraction of sp³-hybridized carbons (Fsp3) is 0.618. The molecule has 4 aromatic rings. The lowest BCUT2D eigenvalue weighted by molar-refractivity contribution is -0.142. The Balaban J connectivity index is 0.000000467. The second-order valence-electron chi connectivity index (χ2n) is 30.5. The molecule has 0 unspecified atom stereocenters. The van der Waals surface area contributed by atoms with E-state index >= 15 is 0 Å². The molecule has 0 aliphatic heterocycles. The van der Waals surface area contributed by atoms with Gasteiger partial charge in [0.1, 0.15) is 33.8 Å². The van der Waals surface area contributed by atoms with Gasteiger partial charge < -0.3 is 42.1 Å². The van der Waals surface area contributed by atoms with E-state index in [0.29, 0.717) is 22.3 Å². The fourth-order valence-corrected chi connectivity index (χ4v) is 9.74. The minimum Gasteiger partial charge on any atom is -0.507 e. The molecule has 10 N–H and O–H groups in total. The zero-order valence-electron chi connectivity index (χ0n) is 53.5. The number of aliphatic carboxylic acids is 2. The normalized spacial score (nSPS) is 13.3. The number of hydrogen-bond acceptors (Lipinski definition) is 8. The molecule has 4 rings (SSSR count). The Morgan fingerprint density at radius 1 is 0.295 bits per heavy atom. The summed E-state index contributed by atoms with van der Waals surface area (Å²) >= 11 is 0. The van der Waals surface area contributed by atoms with Crippen molar-refractivity contribution in [1.29, 1.82) is 0 Å². The van der Waals surface area contributed by atoms with Gasteiger partial charge in [-0.3, -0.25) is 9.59 Å². The van der Waals surface area contributed by atoms with Gasteiger partial charge in [-0.15, -0.1) is 0 Å². The molecule has 0 spiro atoms. The first kappa shape index (κ1) is 69.0. The average molecular weight is 1080 g/mol. The second-order valence-corrected chi connectivity index (χ2v) is 30.5. The molecule has 0 amide bonds. The zero-order chi connectivity index (χ0) is 61.3. The van der Waals surface area contributed by atoms with Crippen molar-refractivity contribution in [3.8, 4) is 23.0 Å². The summed E-state index contributed by atoms with van der Waals surface area (Å²) in [6.45, 7) is 53.6. The maximum atomic E-state index is 13.1. The third-order valence-electron chi connectivity index (χ3n) is 15.2. The lowest BCUT2D eigenvalue weighted by Crippen LogP contribution is -2.36. The third-order valence-corrected chi connectivity index (χ3v) is 15.2. The van der Waals surface area contributed by atoms with Crippen LogP contribution in [0.3, 0.4) is 0 Å². The van der Waals surface area contributed by atoms with Crippen molar-refractivity contribution in [2.24, 2.45) is 11.5 Å². The number of phenolic OH excluding ortho intramolecular Hbond substituents is 4. The van der Waals surface area contributed by atoms with Gasteiger partial charge in [-0.25, -0.2) is 0 Å². The van der Waals surface area contributed by atoms with Gasteiger partial charge in [0, 0.05) is 0 Å². The van der Waals surface area contributed by atoms with Crippen LogP contribution in [0.2, 0.25) is 0 Å². The number of nitrogens with two attached hydrogens (primary N) is 2. The van der Waals surface area contributed by atoms with E-state index in [1.54, 1.807) is 13.8 Å². The molecule has 0 fully saturated rings. The molecular formula is C68H108N2O8. The van der Waals surface area contributed by atoms with Crippen LogP contribution in [-0.2, 0) is 63.7 Å². The van der Waals surface area contributed by atoms with Gasteiger partial charge in [0.15, 0.2) is 0 Å². The maximum absolute atomic E-state index is 13.1. The molecule has 0 heterocycles. The smallest absolute Gasteiger partial charge is 0.318 e. The topological polar surface area (TPSA) is 208 Å². The van der Waals surface area contributed by atoms with Gasteiger partial charge in [0.05, 0.1) is 0 Å². The molecule has 0 aliphatic carbocycles. The van der Waals surface area contributed by atoms with Gasteiger partial charge in [-0.2, -0.15) is 0 Å². The molecule has 0 saturated carbocycles. The highest BCUT2D eigenvalue weighted by Crippen LogP contribution is 2.50. The molecule has 438 valence electrons. The van der Waals surface area contributed by atoms with Crippen molar-refractivity contribution < 1.29 is 40.2 Å². The van der Waals surface area contributed by atoms with E-state index in [0.717, 1.165) is 70.4 Å². The Morgan fingerprint density at radius 3 is 0.513 bits per heavy atom. The Morgan fingerprint density at radius 2 is 0.423 bits per heavy atom. The number of aromatic hydroxyl groups is 4. The van der Waals surface area contributed by atoms with E-state index in [2.05, 4.69) is 0 Å². The van der Waals surface area contributed by atoms with Crippen molar-refractivity contribution in [2.75, 3.05) is 13.1 Å². The molecule has 10 heteroatoms. The van der Waals surface area contributed by atoms with Gasteiger partial charge in [-0.1, -0.05) is 228 Å². The maximum Gasteiger partial charge on any atom is 0.318 e. The van der Waals surface area contributed by atoms with Crippen molar-refractivity contribution in [1.82, 2.24) is 0 Å². The first-order chi connectivity index (χ1) is 34.8. The Hall–Kier alpha value is -5.06. The minimum absolute atomic E-state index is 0.220. The summed E-state index contributed by atoms with van der Waals surface area (Å²) in [4.78, 5) is 26.2. The van der Waals surface area contributed by atoms with Crippen LogP contribution in [0.1, 0.15) is 272 Å². The van der Waals surface area contributed by atoms with Gasteiger partial charge >= 0.3 is 11.9 Å². The molecule has 0 aliphatic rings. The van der Waals surface area contributed by atoms with Crippen LogP contribution in [0.25, 0.3) is 0 Å². The number of phenols is 4. The fourth-order valence-electron chi connectivity index (χ4n) is 9.74. The van der Waals surface area contributed by atoms with Crippen LogP contribution in [0.5, 0.6) is 23.0 Å². The monoisotopic (exact) mass is 1080 g/mol. The number of unbranched alkanes of at least 4 members (excludes halogenated alkanes) is 3. The lowest BCUT2D eigenvalue weighted by Gasteiger charge is -2.35. The molecule has 0 aromatic heterocycles. The van der Waals surface area contributed by atoms with Gasteiger partial charge in [0.2, 0.25) is 0 Å². The summed E-state index contributed by atoms with van der Waals surface area (Å²) in [5.74, 6) is -1.08. The van der Waals surface area contributed by atoms with E-state index in [4.69, 9.17) is 11.5 Å².